The van der Waals surface area contributed by atoms with Gasteiger partial charge in [0.15, 0.2) is 0 Å². The Morgan fingerprint density at radius 2 is 2.25 bits per heavy atom. The summed E-state index contributed by atoms with van der Waals surface area (Å²) in [4.78, 5) is 3.98. The first kappa shape index (κ1) is 8.54. The lowest BCUT2D eigenvalue weighted by Gasteiger charge is -2.05. The lowest BCUT2D eigenvalue weighted by atomic mass is 10.1. The molecule has 3 nitrogen and oxygen atoms in total. The van der Waals surface area contributed by atoms with Crippen LogP contribution in [0, 0.1) is 11.3 Å². The fraction of sp³-hybridized carbons (Fsp3) is 0.333. The molecule has 1 N–H and O–H groups in total. The molecule has 0 saturated carbocycles. The number of hydrogen-bond acceptors (Lipinski definition) is 3. The normalized spacial score (nSPS) is 9.83. The second kappa shape index (κ2) is 3.22. The van der Waals surface area contributed by atoms with Crippen molar-refractivity contribution in [3.8, 4) is 11.8 Å². The van der Waals surface area contributed by atoms with Gasteiger partial charge in [-0.3, -0.25) is 4.98 Å². The number of pyridine rings is 1. The Kier molecular flexibility index (Phi) is 2.29. The van der Waals surface area contributed by atoms with E-state index < -0.39 is 0 Å². The Morgan fingerprint density at radius 3 is 2.67 bits per heavy atom. The molecule has 0 spiro atoms. The standard InChI is InChI=1S/C9H10N2O/c1-6(2)9-8(12)3-7(4-10)5-11-9/h3,5-6,12H,1-2H3. The van der Waals surface area contributed by atoms with Crippen LogP contribution in [0.15, 0.2) is 12.3 Å². The highest BCUT2D eigenvalue weighted by atomic mass is 16.3. The molecule has 62 valence electrons. The largest absolute Gasteiger partial charge is 0.506 e. The van der Waals surface area contributed by atoms with Crippen LogP contribution < -0.4 is 0 Å². The second-order valence-electron chi connectivity index (χ2n) is 2.89. The van der Waals surface area contributed by atoms with E-state index >= 15 is 0 Å². The highest BCUT2D eigenvalue weighted by molar-refractivity contribution is 5.37. The van der Waals surface area contributed by atoms with Crippen molar-refractivity contribution in [2.75, 3.05) is 0 Å². The Balaban J connectivity index is 3.14. The molecule has 0 aliphatic carbocycles. The molecule has 12 heavy (non-hydrogen) atoms. The van der Waals surface area contributed by atoms with Gasteiger partial charge >= 0.3 is 0 Å². The van der Waals surface area contributed by atoms with Crippen molar-refractivity contribution in [1.29, 1.82) is 5.26 Å². The average Bonchev–Trinajstić information content (AvgIpc) is 2.03. The molecule has 0 aliphatic rings. The van der Waals surface area contributed by atoms with E-state index in [2.05, 4.69) is 4.98 Å². The first-order chi connectivity index (χ1) is 5.65. The third kappa shape index (κ3) is 1.54. The monoisotopic (exact) mass is 162 g/mol. The van der Waals surface area contributed by atoms with Gasteiger partial charge in [0.25, 0.3) is 0 Å². The van der Waals surface area contributed by atoms with E-state index in [1.807, 2.05) is 19.9 Å². The number of nitriles is 1. The van der Waals surface area contributed by atoms with Gasteiger partial charge in [-0.15, -0.1) is 0 Å². The minimum absolute atomic E-state index is 0.101. The predicted molar refractivity (Wildman–Crippen MR) is 44.7 cm³/mol. The first-order valence-electron chi connectivity index (χ1n) is 3.74. The van der Waals surface area contributed by atoms with Gasteiger partial charge in [0.1, 0.15) is 11.8 Å². The minimum Gasteiger partial charge on any atom is -0.506 e. The smallest absolute Gasteiger partial charge is 0.138 e. The maximum Gasteiger partial charge on any atom is 0.138 e. The van der Waals surface area contributed by atoms with Gasteiger partial charge in [0, 0.05) is 12.3 Å². The zero-order valence-electron chi connectivity index (χ0n) is 7.07. The number of hydrogen-bond donors (Lipinski definition) is 1. The Labute approximate surface area is 71.3 Å². The number of aromatic hydroxyl groups is 1. The summed E-state index contributed by atoms with van der Waals surface area (Å²) >= 11 is 0. The van der Waals surface area contributed by atoms with Gasteiger partial charge in [-0.2, -0.15) is 5.26 Å². The molecule has 1 aromatic rings. The van der Waals surface area contributed by atoms with Crippen LogP contribution in [-0.4, -0.2) is 10.1 Å². The Morgan fingerprint density at radius 1 is 1.58 bits per heavy atom. The van der Waals surface area contributed by atoms with Crippen molar-refractivity contribution < 1.29 is 5.11 Å². The van der Waals surface area contributed by atoms with Crippen molar-refractivity contribution >= 4 is 0 Å². The predicted octanol–water partition coefficient (Wildman–Crippen LogP) is 1.78. The summed E-state index contributed by atoms with van der Waals surface area (Å²) in [5, 5.41) is 17.9. The quantitative estimate of drug-likeness (QED) is 0.684. The van der Waals surface area contributed by atoms with Crippen LogP contribution in [0.4, 0.5) is 0 Å². The Hall–Kier alpha value is -1.56. The van der Waals surface area contributed by atoms with E-state index in [9.17, 15) is 5.11 Å². The van der Waals surface area contributed by atoms with Crippen LogP contribution in [0.2, 0.25) is 0 Å². The van der Waals surface area contributed by atoms with Crippen LogP contribution in [0.3, 0.4) is 0 Å². The van der Waals surface area contributed by atoms with Crippen molar-refractivity contribution in [3.63, 3.8) is 0 Å². The molecule has 1 aromatic heterocycles. The van der Waals surface area contributed by atoms with Crippen molar-refractivity contribution in [1.82, 2.24) is 4.98 Å². The van der Waals surface area contributed by atoms with Crippen molar-refractivity contribution in [3.05, 3.63) is 23.5 Å². The van der Waals surface area contributed by atoms with Crippen molar-refractivity contribution in [2.45, 2.75) is 19.8 Å². The molecule has 0 aliphatic heterocycles. The first-order valence-corrected chi connectivity index (χ1v) is 3.74. The fourth-order valence-corrected chi connectivity index (χ4v) is 0.970. The lowest BCUT2D eigenvalue weighted by Crippen LogP contribution is -1.93. The molecule has 0 amide bonds. The third-order valence-corrected chi connectivity index (χ3v) is 1.57. The minimum atomic E-state index is 0.101. The summed E-state index contributed by atoms with van der Waals surface area (Å²) in [5.74, 6) is 0.279. The number of nitrogens with zero attached hydrogens (tertiary/aromatic N) is 2. The third-order valence-electron chi connectivity index (χ3n) is 1.57. The van der Waals surface area contributed by atoms with E-state index in [4.69, 9.17) is 5.26 Å². The van der Waals surface area contributed by atoms with E-state index in [1.54, 1.807) is 0 Å². The van der Waals surface area contributed by atoms with Gasteiger partial charge in [-0.1, -0.05) is 13.8 Å². The van der Waals surface area contributed by atoms with Gasteiger partial charge in [-0.25, -0.2) is 0 Å². The van der Waals surface area contributed by atoms with Gasteiger partial charge in [-0.05, 0) is 5.92 Å². The van der Waals surface area contributed by atoms with Crippen LogP contribution in [0.25, 0.3) is 0 Å². The highest BCUT2D eigenvalue weighted by Crippen LogP contribution is 2.22. The van der Waals surface area contributed by atoms with E-state index in [-0.39, 0.29) is 11.7 Å². The zero-order valence-corrected chi connectivity index (χ0v) is 7.07. The summed E-state index contributed by atoms with van der Waals surface area (Å²) in [5.41, 5.74) is 1.02. The maximum absolute atomic E-state index is 9.38. The number of aromatic nitrogens is 1. The van der Waals surface area contributed by atoms with Gasteiger partial charge < -0.3 is 5.11 Å². The summed E-state index contributed by atoms with van der Waals surface area (Å²) in [7, 11) is 0. The molecule has 0 atom stereocenters. The van der Waals surface area contributed by atoms with Crippen LogP contribution in [-0.2, 0) is 0 Å². The maximum atomic E-state index is 9.38. The van der Waals surface area contributed by atoms with E-state index in [0.717, 1.165) is 0 Å². The topological polar surface area (TPSA) is 56.9 Å². The molecule has 0 unspecified atom stereocenters. The molecule has 1 heterocycles. The van der Waals surface area contributed by atoms with Gasteiger partial charge in [0.05, 0.1) is 11.3 Å². The van der Waals surface area contributed by atoms with E-state index in [0.29, 0.717) is 11.3 Å². The second-order valence-corrected chi connectivity index (χ2v) is 2.89. The molecule has 0 saturated heterocycles. The summed E-state index contributed by atoms with van der Waals surface area (Å²) in [6, 6.07) is 3.34. The molecular formula is C9H10N2O. The summed E-state index contributed by atoms with van der Waals surface area (Å²) in [6.45, 7) is 3.88. The van der Waals surface area contributed by atoms with E-state index in [1.165, 1.54) is 12.3 Å². The molecule has 0 fully saturated rings. The zero-order chi connectivity index (χ0) is 9.14. The highest BCUT2D eigenvalue weighted by Gasteiger charge is 2.07. The average molecular weight is 162 g/mol. The molecule has 3 heteroatoms. The lowest BCUT2D eigenvalue weighted by molar-refractivity contribution is 0.460. The van der Waals surface area contributed by atoms with Crippen LogP contribution >= 0.6 is 0 Å². The molecule has 0 aromatic carbocycles. The summed E-state index contributed by atoms with van der Waals surface area (Å²) in [6.07, 6.45) is 1.47. The fourth-order valence-electron chi connectivity index (χ4n) is 0.970. The molecular weight excluding hydrogens is 152 g/mol. The van der Waals surface area contributed by atoms with Gasteiger partial charge in [0.2, 0.25) is 0 Å². The van der Waals surface area contributed by atoms with Crippen LogP contribution in [0.5, 0.6) is 5.75 Å². The van der Waals surface area contributed by atoms with Crippen LogP contribution in [0.1, 0.15) is 31.0 Å². The SMILES string of the molecule is CC(C)c1ncc(C#N)cc1O. The molecule has 0 bridgehead atoms. The molecule has 0 radical (unpaired) electrons. The number of rotatable bonds is 1. The van der Waals surface area contributed by atoms with Crippen molar-refractivity contribution in [2.24, 2.45) is 0 Å². The summed E-state index contributed by atoms with van der Waals surface area (Å²) < 4.78 is 0. The molecule has 1 rings (SSSR count). The Bertz CT molecular complexity index is 326.